The molecule has 0 heterocycles. The van der Waals surface area contributed by atoms with Crippen LogP contribution in [0.1, 0.15) is 37.8 Å². The summed E-state index contributed by atoms with van der Waals surface area (Å²) in [6.45, 7) is 4.88. The number of allylic oxidation sites excluding steroid dienone is 1. The zero-order chi connectivity index (χ0) is 16.4. The molecule has 0 saturated heterocycles. The van der Waals surface area contributed by atoms with Gasteiger partial charge >= 0.3 is 0 Å². The molecule has 0 aliphatic rings. The quantitative estimate of drug-likeness (QED) is 0.499. The summed E-state index contributed by atoms with van der Waals surface area (Å²) >= 11 is 6.03. The highest BCUT2D eigenvalue weighted by Crippen LogP contribution is 2.10. The molecule has 0 spiro atoms. The minimum absolute atomic E-state index is 0.0591. The highest BCUT2D eigenvalue weighted by Gasteiger charge is 2.08. The van der Waals surface area contributed by atoms with Crippen LogP contribution in [0, 0.1) is 0 Å². The van der Waals surface area contributed by atoms with Gasteiger partial charge in [0, 0.05) is 24.5 Å². The van der Waals surface area contributed by atoms with E-state index >= 15 is 0 Å². The third-order valence-electron chi connectivity index (χ3n) is 3.39. The van der Waals surface area contributed by atoms with E-state index in [1.807, 2.05) is 30.3 Å². The second-order valence-electron chi connectivity index (χ2n) is 5.69. The van der Waals surface area contributed by atoms with Crippen LogP contribution in [0.5, 0.6) is 0 Å². The molecule has 124 valence electrons. The van der Waals surface area contributed by atoms with Crippen molar-refractivity contribution < 1.29 is 5.11 Å². The lowest BCUT2D eigenvalue weighted by Crippen LogP contribution is -2.31. The third kappa shape index (κ3) is 7.16. The molecule has 0 aromatic heterocycles. The first-order chi connectivity index (χ1) is 10.6. The molecule has 0 amide bonds. The maximum Gasteiger partial charge on any atom is 0.0920 e. The van der Waals surface area contributed by atoms with E-state index in [1.165, 1.54) is 0 Å². The van der Waals surface area contributed by atoms with Gasteiger partial charge in [0.15, 0.2) is 0 Å². The van der Waals surface area contributed by atoms with Crippen molar-refractivity contribution in [3.8, 4) is 0 Å². The number of nitrogens with one attached hydrogen (secondary N) is 2. The van der Waals surface area contributed by atoms with Crippen LogP contribution in [0.3, 0.4) is 0 Å². The van der Waals surface area contributed by atoms with E-state index < -0.39 is 0 Å². The maximum absolute atomic E-state index is 9.33. The molecule has 1 aromatic rings. The van der Waals surface area contributed by atoms with Crippen LogP contribution in [0.4, 0.5) is 0 Å². The molecule has 1 atom stereocenters. The SMILES string of the molecule is CC(C)N/C(N)=C/CC[C@@H](CCl)NCc1ccccc1CO. The van der Waals surface area contributed by atoms with E-state index in [-0.39, 0.29) is 12.6 Å². The van der Waals surface area contributed by atoms with Crippen LogP contribution in [0.2, 0.25) is 0 Å². The van der Waals surface area contributed by atoms with Crippen molar-refractivity contribution in [2.75, 3.05) is 5.88 Å². The van der Waals surface area contributed by atoms with Gasteiger partial charge in [0.1, 0.15) is 0 Å². The maximum atomic E-state index is 9.33. The number of nitrogens with two attached hydrogens (primary N) is 1. The number of rotatable bonds is 10. The Kier molecular flexibility index (Phi) is 8.97. The van der Waals surface area contributed by atoms with Gasteiger partial charge in [-0.3, -0.25) is 0 Å². The van der Waals surface area contributed by atoms with Crippen LogP contribution >= 0.6 is 11.6 Å². The lowest BCUT2D eigenvalue weighted by molar-refractivity contribution is 0.280. The summed E-state index contributed by atoms with van der Waals surface area (Å²) in [5.74, 6) is 1.26. The van der Waals surface area contributed by atoms with Crippen LogP contribution in [0.25, 0.3) is 0 Å². The fourth-order valence-corrected chi connectivity index (χ4v) is 2.47. The summed E-state index contributed by atoms with van der Waals surface area (Å²) in [4.78, 5) is 0. The molecule has 0 radical (unpaired) electrons. The van der Waals surface area contributed by atoms with Crippen molar-refractivity contribution >= 4 is 11.6 Å². The summed E-state index contributed by atoms with van der Waals surface area (Å²) < 4.78 is 0. The van der Waals surface area contributed by atoms with Crippen molar-refractivity contribution in [3.63, 3.8) is 0 Å². The second-order valence-corrected chi connectivity index (χ2v) is 6.00. The van der Waals surface area contributed by atoms with Gasteiger partial charge in [-0.25, -0.2) is 0 Å². The minimum Gasteiger partial charge on any atom is -0.392 e. The van der Waals surface area contributed by atoms with E-state index in [2.05, 4.69) is 24.5 Å². The zero-order valence-electron chi connectivity index (χ0n) is 13.5. The Hall–Kier alpha value is -1.23. The Labute approximate surface area is 138 Å². The van der Waals surface area contributed by atoms with Gasteiger partial charge in [-0.1, -0.05) is 24.3 Å². The van der Waals surface area contributed by atoms with Crippen molar-refractivity contribution in [2.24, 2.45) is 5.73 Å². The van der Waals surface area contributed by atoms with E-state index in [1.54, 1.807) is 0 Å². The molecule has 1 rings (SSSR count). The number of aliphatic hydroxyl groups excluding tert-OH is 1. The Morgan fingerprint density at radius 1 is 1.32 bits per heavy atom. The van der Waals surface area contributed by atoms with Crippen LogP contribution in [-0.2, 0) is 13.2 Å². The Bertz CT molecular complexity index is 463. The standard InChI is InChI=1S/C17H28ClN3O/c1-13(2)21-17(19)9-5-8-16(10-18)20-11-14-6-3-4-7-15(14)12-22/h3-4,6-7,9,13,16,20-22H,5,8,10-12,19H2,1-2H3/b17-9+/t16-/m0/s1. The molecule has 0 unspecified atom stereocenters. The Morgan fingerprint density at radius 3 is 2.59 bits per heavy atom. The Balaban J connectivity index is 2.42. The highest BCUT2D eigenvalue weighted by molar-refractivity contribution is 6.18. The molecule has 0 fully saturated rings. The molecule has 4 nitrogen and oxygen atoms in total. The first kappa shape index (κ1) is 18.8. The van der Waals surface area contributed by atoms with Gasteiger partial charge in [0.05, 0.1) is 12.4 Å². The molecule has 1 aromatic carbocycles. The summed E-state index contributed by atoms with van der Waals surface area (Å²) in [6, 6.07) is 8.43. The molecule has 5 heteroatoms. The topological polar surface area (TPSA) is 70.3 Å². The summed E-state index contributed by atoms with van der Waals surface area (Å²) in [5.41, 5.74) is 7.93. The van der Waals surface area contributed by atoms with Gasteiger partial charge in [-0.05, 0) is 43.9 Å². The van der Waals surface area contributed by atoms with Crippen molar-refractivity contribution in [2.45, 2.75) is 51.9 Å². The molecule has 0 saturated carbocycles. The van der Waals surface area contributed by atoms with Gasteiger partial charge in [-0.2, -0.15) is 0 Å². The van der Waals surface area contributed by atoms with Gasteiger partial charge in [0.25, 0.3) is 0 Å². The molecule has 0 bridgehead atoms. The predicted octanol–water partition coefficient (Wildman–Crippen LogP) is 2.45. The number of alkyl halides is 1. The second kappa shape index (κ2) is 10.5. The summed E-state index contributed by atoms with van der Waals surface area (Å²) in [6.07, 6.45) is 3.80. The first-order valence-corrected chi connectivity index (χ1v) is 8.29. The number of hydrogen-bond acceptors (Lipinski definition) is 4. The van der Waals surface area contributed by atoms with Crippen molar-refractivity contribution in [3.05, 3.63) is 47.3 Å². The van der Waals surface area contributed by atoms with Crippen molar-refractivity contribution in [1.29, 1.82) is 0 Å². The average Bonchev–Trinajstić information content (AvgIpc) is 2.50. The monoisotopic (exact) mass is 325 g/mol. The van der Waals surface area contributed by atoms with E-state index in [0.29, 0.717) is 24.3 Å². The number of aliphatic hydroxyl groups is 1. The number of hydrogen-bond donors (Lipinski definition) is 4. The lowest BCUT2D eigenvalue weighted by Gasteiger charge is -2.17. The third-order valence-corrected chi connectivity index (χ3v) is 3.76. The summed E-state index contributed by atoms with van der Waals surface area (Å²) in [5, 5.41) is 15.9. The molecular weight excluding hydrogens is 298 g/mol. The first-order valence-electron chi connectivity index (χ1n) is 7.76. The lowest BCUT2D eigenvalue weighted by atomic mass is 10.1. The van der Waals surface area contributed by atoms with Crippen LogP contribution < -0.4 is 16.4 Å². The predicted molar refractivity (Wildman–Crippen MR) is 93.5 cm³/mol. The molecule has 22 heavy (non-hydrogen) atoms. The summed E-state index contributed by atoms with van der Waals surface area (Å²) in [7, 11) is 0. The smallest absolute Gasteiger partial charge is 0.0920 e. The zero-order valence-corrected chi connectivity index (χ0v) is 14.2. The highest BCUT2D eigenvalue weighted by atomic mass is 35.5. The van der Waals surface area contributed by atoms with Crippen molar-refractivity contribution in [1.82, 2.24) is 10.6 Å². The largest absolute Gasteiger partial charge is 0.392 e. The van der Waals surface area contributed by atoms with Gasteiger partial charge in [-0.15, -0.1) is 11.6 Å². The average molecular weight is 326 g/mol. The molecule has 0 aliphatic carbocycles. The fourth-order valence-electron chi connectivity index (χ4n) is 2.20. The normalized spacial score (nSPS) is 13.4. The van der Waals surface area contributed by atoms with Gasteiger partial charge in [0.2, 0.25) is 0 Å². The molecule has 0 aliphatic heterocycles. The van der Waals surface area contributed by atoms with Crippen LogP contribution in [0.15, 0.2) is 36.2 Å². The molecule has 5 N–H and O–H groups in total. The van der Waals surface area contributed by atoms with Gasteiger partial charge < -0.3 is 21.5 Å². The van der Waals surface area contributed by atoms with Crippen LogP contribution in [-0.4, -0.2) is 23.1 Å². The number of halogens is 1. The van der Waals surface area contributed by atoms with E-state index in [4.69, 9.17) is 17.3 Å². The van der Waals surface area contributed by atoms with E-state index in [9.17, 15) is 5.11 Å². The Morgan fingerprint density at radius 2 is 2.00 bits per heavy atom. The number of benzene rings is 1. The fraction of sp³-hybridized carbons (Fsp3) is 0.529. The molecular formula is C17H28ClN3O. The minimum atomic E-state index is 0.0591. The van der Waals surface area contributed by atoms with E-state index in [0.717, 1.165) is 24.0 Å².